The van der Waals surface area contributed by atoms with Crippen LogP contribution in [-0.4, -0.2) is 16.3 Å². The molecule has 1 heterocycles. The largest absolute Gasteiger partial charge is 0.473 e. The van der Waals surface area contributed by atoms with E-state index in [2.05, 4.69) is 24.0 Å². The van der Waals surface area contributed by atoms with E-state index in [9.17, 15) is 0 Å². The van der Waals surface area contributed by atoms with Gasteiger partial charge >= 0.3 is 0 Å². The smallest absolute Gasteiger partial charge is 0.233 e. The molecule has 0 N–H and O–H groups in total. The van der Waals surface area contributed by atoms with E-state index in [-0.39, 0.29) is 6.10 Å². The first-order chi connectivity index (χ1) is 6.63. The third-order valence-electron chi connectivity index (χ3n) is 2.08. The summed E-state index contributed by atoms with van der Waals surface area (Å²) in [5, 5.41) is 7.82. The number of hydrogen-bond donors (Lipinski definition) is 0. The summed E-state index contributed by atoms with van der Waals surface area (Å²) < 4.78 is 5.56. The second kappa shape index (κ2) is 5.15. The molecule has 14 heavy (non-hydrogen) atoms. The zero-order valence-electron chi connectivity index (χ0n) is 8.70. The highest BCUT2D eigenvalue weighted by Gasteiger charge is 2.09. The topological polar surface area (TPSA) is 35.0 Å². The highest BCUT2D eigenvalue weighted by Crippen LogP contribution is 2.12. The molecular weight excluding hydrogens is 200 g/mol. The molecule has 0 aliphatic heterocycles. The van der Waals surface area contributed by atoms with Crippen LogP contribution in [0.3, 0.4) is 0 Å². The normalized spacial score (nSPS) is 12.9. The van der Waals surface area contributed by atoms with Crippen LogP contribution in [0, 0.1) is 5.92 Å². The van der Waals surface area contributed by atoms with Gasteiger partial charge in [-0.2, -0.15) is 5.10 Å². The van der Waals surface area contributed by atoms with Gasteiger partial charge in [-0.05, 0) is 18.9 Å². The number of alkyl halides is 1. The average Bonchev–Trinajstić information content (AvgIpc) is 2.19. The number of halogens is 1. The van der Waals surface area contributed by atoms with Crippen molar-refractivity contribution in [3.05, 3.63) is 17.8 Å². The Balaban J connectivity index is 2.59. The molecule has 1 unspecified atom stereocenters. The molecule has 0 aromatic carbocycles. The Bertz CT molecular complexity index is 274. The molecule has 0 bridgehead atoms. The van der Waals surface area contributed by atoms with Gasteiger partial charge in [0.2, 0.25) is 5.88 Å². The Morgan fingerprint density at radius 3 is 2.43 bits per heavy atom. The molecule has 78 valence electrons. The van der Waals surface area contributed by atoms with Gasteiger partial charge in [0.1, 0.15) is 0 Å². The molecule has 4 heteroatoms. The van der Waals surface area contributed by atoms with E-state index in [1.807, 2.05) is 13.0 Å². The lowest BCUT2D eigenvalue weighted by Gasteiger charge is -2.16. The van der Waals surface area contributed by atoms with Gasteiger partial charge in [0.05, 0.1) is 17.7 Å². The maximum absolute atomic E-state index is 5.59. The van der Waals surface area contributed by atoms with E-state index in [0.29, 0.717) is 17.7 Å². The van der Waals surface area contributed by atoms with Crippen molar-refractivity contribution in [2.45, 2.75) is 32.8 Å². The molecule has 0 fully saturated rings. The molecule has 1 aromatic rings. The average molecular weight is 215 g/mol. The fourth-order valence-corrected chi connectivity index (χ4v) is 0.951. The first-order valence-corrected chi connectivity index (χ1v) is 5.22. The highest BCUT2D eigenvalue weighted by molar-refractivity contribution is 6.16. The van der Waals surface area contributed by atoms with E-state index in [4.69, 9.17) is 16.3 Å². The third kappa shape index (κ3) is 3.14. The molecule has 0 saturated heterocycles. The fourth-order valence-electron chi connectivity index (χ4n) is 0.808. The summed E-state index contributed by atoms with van der Waals surface area (Å²) in [6.07, 6.45) is 0.145. The lowest BCUT2D eigenvalue weighted by molar-refractivity contribution is 0.161. The fraction of sp³-hybridized carbons (Fsp3) is 0.600. The molecule has 1 aromatic heterocycles. The monoisotopic (exact) mass is 214 g/mol. The third-order valence-corrected chi connectivity index (χ3v) is 2.35. The lowest BCUT2D eigenvalue weighted by atomic mass is 10.1. The molecule has 0 radical (unpaired) electrons. The quantitative estimate of drug-likeness (QED) is 0.723. The highest BCUT2D eigenvalue weighted by atomic mass is 35.5. The standard InChI is InChI=1S/C10H15ClN2O/c1-7(2)8(3)14-10-5-4-9(6-11)12-13-10/h4-5,7-8H,6H2,1-3H3. The second-order valence-corrected chi connectivity index (χ2v) is 3.83. The van der Waals surface area contributed by atoms with Crippen molar-refractivity contribution in [2.75, 3.05) is 0 Å². The van der Waals surface area contributed by atoms with Crippen molar-refractivity contribution in [2.24, 2.45) is 5.92 Å². The van der Waals surface area contributed by atoms with Gasteiger partial charge in [-0.1, -0.05) is 13.8 Å². The van der Waals surface area contributed by atoms with Crippen molar-refractivity contribution in [3.8, 4) is 5.88 Å². The van der Waals surface area contributed by atoms with Crippen LogP contribution < -0.4 is 4.74 Å². The number of nitrogens with zero attached hydrogens (tertiary/aromatic N) is 2. The van der Waals surface area contributed by atoms with Gasteiger partial charge in [0.25, 0.3) is 0 Å². The molecule has 0 saturated carbocycles. The van der Waals surface area contributed by atoms with Crippen LogP contribution in [0.15, 0.2) is 12.1 Å². The Hall–Kier alpha value is -0.830. The summed E-state index contributed by atoms with van der Waals surface area (Å²) in [6.45, 7) is 6.22. The predicted molar refractivity (Wildman–Crippen MR) is 56.5 cm³/mol. The number of ether oxygens (including phenoxy) is 1. The predicted octanol–water partition coefficient (Wildman–Crippen LogP) is 2.64. The SMILES string of the molecule is CC(C)C(C)Oc1ccc(CCl)nn1. The van der Waals surface area contributed by atoms with Crippen molar-refractivity contribution in [3.63, 3.8) is 0 Å². The van der Waals surface area contributed by atoms with Crippen molar-refractivity contribution in [1.29, 1.82) is 0 Å². The zero-order chi connectivity index (χ0) is 10.6. The first kappa shape index (κ1) is 11.2. The van der Waals surface area contributed by atoms with E-state index < -0.39 is 0 Å². The van der Waals surface area contributed by atoms with Crippen molar-refractivity contribution in [1.82, 2.24) is 10.2 Å². The minimum Gasteiger partial charge on any atom is -0.473 e. The summed E-state index contributed by atoms with van der Waals surface area (Å²) in [5.74, 6) is 1.40. The summed E-state index contributed by atoms with van der Waals surface area (Å²) >= 11 is 5.59. The van der Waals surface area contributed by atoms with E-state index in [0.717, 1.165) is 5.69 Å². The summed E-state index contributed by atoms with van der Waals surface area (Å²) in [6, 6.07) is 3.62. The Morgan fingerprint density at radius 2 is 2.00 bits per heavy atom. The van der Waals surface area contributed by atoms with E-state index in [1.165, 1.54) is 0 Å². The summed E-state index contributed by atoms with van der Waals surface area (Å²) in [4.78, 5) is 0. The zero-order valence-corrected chi connectivity index (χ0v) is 9.45. The van der Waals surface area contributed by atoms with Crippen LogP contribution >= 0.6 is 11.6 Å². The van der Waals surface area contributed by atoms with Crippen LogP contribution in [0.2, 0.25) is 0 Å². The molecule has 0 amide bonds. The number of hydrogen-bond acceptors (Lipinski definition) is 3. The van der Waals surface area contributed by atoms with Gasteiger partial charge in [-0.25, -0.2) is 0 Å². The van der Waals surface area contributed by atoms with Crippen LogP contribution in [-0.2, 0) is 5.88 Å². The molecular formula is C10H15ClN2O. The van der Waals surface area contributed by atoms with Crippen molar-refractivity contribution >= 4 is 11.6 Å². The Morgan fingerprint density at radius 1 is 1.29 bits per heavy atom. The van der Waals surface area contributed by atoms with Gasteiger partial charge < -0.3 is 4.74 Å². The van der Waals surface area contributed by atoms with E-state index >= 15 is 0 Å². The van der Waals surface area contributed by atoms with Gasteiger partial charge in [0, 0.05) is 6.07 Å². The maximum Gasteiger partial charge on any atom is 0.233 e. The number of rotatable bonds is 4. The van der Waals surface area contributed by atoms with Crippen LogP contribution in [0.5, 0.6) is 5.88 Å². The maximum atomic E-state index is 5.59. The molecule has 1 atom stereocenters. The van der Waals surface area contributed by atoms with Crippen LogP contribution in [0.1, 0.15) is 26.5 Å². The van der Waals surface area contributed by atoms with Crippen molar-refractivity contribution < 1.29 is 4.74 Å². The number of aromatic nitrogens is 2. The molecule has 0 aliphatic rings. The molecule has 3 nitrogen and oxygen atoms in total. The molecule has 0 spiro atoms. The molecule has 1 rings (SSSR count). The summed E-state index contributed by atoms with van der Waals surface area (Å²) in [5.41, 5.74) is 0.760. The minimum absolute atomic E-state index is 0.145. The van der Waals surface area contributed by atoms with Crippen LogP contribution in [0.4, 0.5) is 0 Å². The Kier molecular flexibility index (Phi) is 4.14. The van der Waals surface area contributed by atoms with Crippen LogP contribution in [0.25, 0.3) is 0 Å². The van der Waals surface area contributed by atoms with Gasteiger partial charge in [0.15, 0.2) is 0 Å². The minimum atomic E-state index is 0.145. The van der Waals surface area contributed by atoms with E-state index in [1.54, 1.807) is 6.07 Å². The Labute approximate surface area is 89.4 Å². The first-order valence-electron chi connectivity index (χ1n) is 4.68. The molecule has 0 aliphatic carbocycles. The summed E-state index contributed by atoms with van der Waals surface area (Å²) in [7, 11) is 0. The van der Waals surface area contributed by atoms with Gasteiger partial charge in [-0.3, -0.25) is 0 Å². The second-order valence-electron chi connectivity index (χ2n) is 3.56. The van der Waals surface area contributed by atoms with Gasteiger partial charge in [-0.15, -0.1) is 16.7 Å². The lowest BCUT2D eigenvalue weighted by Crippen LogP contribution is -2.19.